The number of rotatable bonds is 3. The van der Waals surface area contributed by atoms with Crippen LogP contribution in [-0.2, 0) is 17.6 Å². The van der Waals surface area contributed by atoms with Crippen molar-refractivity contribution >= 4 is 11.0 Å². The topological polar surface area (TPSA) is 39.9 Å². The van der Waals surface area contributed by atoms with E-state index in [1.807, 2.05) is 6.92 Å². The van der Waals surface area contributed by atoms with Gasteiger partial charge in [-0.3, -0.25) is 0 Å². The first kappa shape index (κ1) is 15.1. The summed E-state index contributed by atoms with van der Waals surface area (Å²) in [5, 5.41) is 1.12. The highest BCUT2D eigenvalue weighted by atomic mass is 16.5. The van der Waals surface area contributed by atoms with Crippen molar-refractivity contribution in [2.75, 3.05) is 0 Å². The molecule has 2 aliphatic rings. The van der Waals surface area contributed by atoms with Crippen molar-refractivity contribution in [3.05, 3.63) is 59.2 Å². The first-order valence-electron chi connectivity index (χ1n) is 9.24. The third-order valence-electron chi connectivity index (χ3n) is 5.83. The van der Waals surface area contributed by atoms with Gasteiger partial charge in [0.25, 0.3) is 0 Å². The lowest BCUT2D eigenvalue weighted by Gasteiger charge is -2.27. The molecule has 1 aromatic carbocycles. The zero-order chi connectivity index (χ0) is 17.0. The Morgan fingerprint density at radius 3 is 2.96 bits per heavy atom. The smallest absolute Gasteiger partial charge is 0.145 e. The molecule has 0 radical (unpaired) electrons. The number of aryl methyl sites for hydroxylation is 1. The van der Waals surface area contributed by atoms with E-state index in [0.717, 1.165) is 41.9 Å². The second-order valence-corrected chi connectivity index (χ2v) is 7.55. The van der Waals surface area contributed by atoms with Gasteiger partial charge in [0.15, 0.2) is 0 Å². The predicted octanol–water partition coefficient (Wildman–Crippen LogP) is 4.32. The number of nitrogens with zero attached hydrogens (tertiary/aromatic N) is 3. The summed E-state index contributed by atoms with van der Waals surface area (Å²) in [6.07, 6.45) is 8.48. The van der Waals surface area contributed by atoms with Crippen molar-refractivity contribution in [2.45, 2.75) is 57.8 Å². The molecule has 1 aliphatic carbocycles. The monoisotopic (exact) mass is 333 g/mol. The van der Waals surface area contributed by atoms with Crippen LogP contribution >= 0.6 is 0 Å². The Balaban J connectivity index is 1.32. The number of hydrogen-bond acceptors (Lipinski definition) is 3. The van der Waals surface area contributed by atoms with Crippen molar-refractivity contribution < 1.29 is 4.74 Å². The summed E-state index contributed by atoms with van der Waals surface area (Å²) in [7, 11) is 0. The van der Waals surface area contributed by atoms with Gasteiger partial charge in [0.1, 0.15) is 18.2 Å². The average Bonchev–Trinajstić information content (AvgIpc) is 3.21. The van der Waals surface area contributed by atoms with E-state index in [-0.39, 0.29) is 6.23 Å². The Morgan fingerprint density at radius 2 is 2.12 bits per heavy atom. The van der Waals surface area contributed by atoms with Crippen LogP contribution in [0.2, 0.25) is 0 Å². The number of fused-ring (bicyclic) bond motifs is 2. The van der Waals surface area contributed by atoms with Crippen LogP contribution in [0, 0.1) is 6.92 Å². The minimum Gasteiger partial charge on any atom is -0.354 e. The standard InChI is InChI=1S/C21H23N3O/c1-13-9-16-10-15(3-5-18(13)16)11-17-4-6-20(25-17)24-8-7-19-14(2)22-12-23-21(19)24/h3,5,7-8,10,12-13,17,20H,4,6,9,11H2,1-2H3. The lowest BCUT2D eigenvalue weighted by atomic mass is 9.78. The zero-order valence-electron chi connectivity index (χ0n) is 14.8. The van der Waals surface area contributed by atoms with Gasteiger partial charge in [0.05, 0.1) is 11.8 Å². The number of ether oxygens (including phenoxy) is 1. The van der Waals surface area contributed by atoms with Gasteiger partial charge in [-0.15, -0.1) is 0 Å². The van der Waals surface area contributed by atoms with Crippen LogP contribution in [0.3, 0.4) is 0 Å². The fraction of sp³-hybridized carbons (Fsp3) is 0.429. The SMILES string of the molecule is Cc1ncnc2c1ccn2C1CCC(Cc2ccc3c(c2)CC3C)O1. The Kier molecular flexibility index (Phi) is 3.42. The molecule has 0 amide bonds. The summed E-state index contributed by atoms with van der Waals surface area (Å²) in [4.78, 5) is 8.74. The van der Waals surface area contributed by atoms with Gasteiger partial charge in [0.2, 0.25) is 0 Å². The minimum absolute atomic E-state index is 0.0865. The van der Waals surface area contributed by atoms with Crippen LogP contribution in [0.4, 0.5) is 0 Å². The number of hydrogen-bond donors (Lipinski definition) is 0. The molecule has 0 N–H and O–H groups in total. The molecule has 4 nitrogen and oxygen atoms in total. The van der Waals surface area contributed by atoms with Crippen molar-refractivity contribution in [2.24, 2.45) is 0 Å². The quantitative estimate of drug-likeness (QED) is 0.716. The maximum Gasteiger partial charge on any atom is 0.145 e. The van der Waals surface area contributed by atoms with Crippen LogP contribution in [0.25, 0.3) is 11.0 Å². The Bertz CT molecular complexity index is 945. The van der Waals surface area contributed by atoms with Gasteiger partial charge in [0, 0.05) is 11.6 Å². The number of benzene rings is 1. The number of aromatic nitrogens is 3. The molecule has 2 aromatic heterocycles. The lowest BCUT2D eigenvalue weighted by Crippen LogP contribution is -2.16. The van der Waals surface area contributed by atoms with Crippen LogP contribution in [0.1, 0.15) is 54.3 Å². The van der Waals surface area contributed by atoms with Crippen LogP contribution < -0.4 is 0 Å². The van der Waals surface area contributed by atoms with Crippen molar-refractivity contribution in [3.63, 3.8) is 0 Å². The van der Waals surface area contributed by atoms with E-state index < -0.39 is 0 Å². The summed E-state index contributed by atoms with van der Waals surface area (Å²) < 4.78 is 8.54. The summed E-state index contributed by atoms with van der Waals surface area (Å²) in [5.41, 5.74) is 6.47. The molecule has 0 bridgehead atoms. The molecule has 3 unspecified atom stereocenters. The van der Waals surface area contributed by atoms with E-state index in [9.17, 15) is 0 Å². The van der Waals surface area contributed by atoms with E-state index in [2.05, 4.69) is 51.9 Å². The third kappa shape index (κ3) is 2.47. The van der Waals surface area contributed by atoms with E-state index in [4.69, 9.17) is 4.74 Å². The van der Waals surface area contributed by atoms with E-state index in [1.54, 1.807) is 6.33 Å². The summed E-state index contributed by atoms with van der Waals surface area (Å²) in [6.45, 7) is 4.33. The highest BCUT2D eigenvalue weighted by Crippen LogP contribution is 2.37. The molecule has 128 valence electrons. The summed E-state index contributed by atoms with van der Waals surface area (Å²) >= 11 is 0. The fourth-order valence-corrected chi connectivity index (χ4v) is 4.39. The molecule has 3 aromatic rings. The first-order valence-corrected chi connectivity index (χ1v) is 9.24. The van der Waals surface area contributed by atoms with Gasteiger partial charge in [-0.25, -0.2) is 9.97 Å². The molecule has 5 rings (SSSR count). The molecule has 1 fully saturated rings. The Labute approximate surface area is 147 Å². The Morgan fingerprint density at radius 1 is 1.20 bits per heavy atom. The molecular weight excluding hydrogens is 310 g/mol. The highest BCUT2D eigenvalue weighted by molar-refractivity contribution is 5.78. The van der Waals surface area contributed by atoms with Gasteiger partial charge < -0.3 is 9.30 Å². The maximum absolute atomic E-state index is 6.37. The molecule has 3 atom stereocenters. The first-order chi connectivity index (χ1) is 12.2. The maximum atomic E-state index is 6.37. The normalized spacial score (nSPS) is 25.1. The van der Waals surface area contributed by atoms with E-state index in [0.29, 0.717) is 6.10 Å². The van der Waals surface area contributed by atoms with Gasteiger partial charge in [-0.1, -0.05) is 25.1 Å². The van der Waals surface area contributed by atoms with Crippen LogP contribution in [0.15, 0.2) is 36.8 Å². The minimum atomic E-state index is 0.0865. The fourth-order valence-electron chi connectivity index (χ4n) is 4.39. The second kappa shape index (κ2) is 5.67. The molecular formula is C21H23N3O. The Hall–Kier alpha value is -2.20. The van der Waals surface area contributed by atoms with Crippen molar-refractivity contribution in [1.29, 1.82) is 0 Å². The van der Waals surface area contributed by atoms with E-state index in [1.165, 1.54) is 23.1 Å². The van der Waals surface area contributed by atoms with Gasteiger partial charge in [-0.2, -0.15) is 0 Å². The third-order valence-corrected chi connectivity index (χ3v) is 5.83. The second-order valence-electron chi connectivity index (χ2n) is 7.55. The summed E-state index contributed by atoms with van der Waals surface area (Å²) in [5.74, 6) is 0.739. The molecule has 25 heavy (non-hydrogen) atoms. The largest absolute Gasteiger partial charge is 0.354 e. The van der Waals surface area contributed by atoms with Gasteiger partial charge >= 0.3 is 0 Å². The molecule has 0 saturated carbocycles. The molecule has 0 spiro atoms. The molecule has 1 saturated heterocycles. The van der Waals surface area contributed by atoms with E-state index >= 15 is 0 Å². The van der Waals surface area contributed by atoms with Crippen LogP contribution in [0.5, 0.6) is 0 Å². The average molecular weight is 333 g/mol. The van der Waals surface area contributed by atoms with Crippen LogP contribution in [-0.4, -0.2) is 20.6 Å². The highest BCUT2D eigenvalue weighted by Gasteiger charge is 2.28. The molecule has 3 heterocycles. The van der Waals surface area contributed by atoms with Gasteiger partial charge in [-0.05, 0) is 61.3 Å². The van der Waals surface area contributed by atoms with Crippen molar-refractivity contribution in [1.82, 2.24) is 14.5 Å². The van der Waals surface area contributed by atoms with Crippen molar-refractivity contribution in [3.8, 4) is 0 Å². The summed E-state index contributed by atoms with van der Waals surface area (Å²) in [6, 6.07) is 9.07. The molecule has 1 aliphatic heterocycles. The lowest BCUT2D eigenvalue weighted by molar-refractivity contribution is 0.00504. The predicted molar refractivity (Wildman–Crippen MR) is 97.7 cm³/mol. The molecule has 4 heteroatoms. The zero-order valence-corrected chi connectivity index (χ0v) is 14.8.